The number of nitrogens with zero attached hydrogens (tertiary/aromatic N) is 3. The standard InChI is InChI=1S/C14H11BrN4O2/c1-8(20)17-12-6-11(19-5-4-16-7-19)9-2-3-10(15)14(21)13(9)18-12/h2-7,21H,1H3,(H,17,18,20). The number of pyridine rings is 1. The minimum Gasteiger partial charge on any atom is -0.505 e. The lowest BCUT2D eigenvalue weighted by Crippen LogP contribution is -2.08. The quantitative estimate of drug-likeness (QED) is 0.747. The van der Waals surface area contributed by atoms with Crippen LogP contribution in [-0.4, -0.2) is 25.5 Å². The number of amides is 1. The maximum Gasteiger partial charge on any atom is 0.222 e. The van der Waals surface area contributed by atoms with Crippen molar-refractivity contribution in [2.45, 2.75) is 6.92 Å². The maximum absolute atomic E-state index is 11.3. The van der Waals surface area contributed by atoms with Gasteiger partial charge >= 0.3 is 0 Å². The van der Waals surface area contributed by atoms with Crippen molar-refractivity contribution >= 4 is 38.6 Å². The highest BCUT2D eigenvalue weighted by Gasteiger charge is 2.13. The van der Waals surface area contributed by atoms with Gasteiger partial charge in [-0.3, -0.25) is 4.79 Å². The van der Waals surface area contributed by atoms with Gasteiger partial charge in [0.2, 0.25) is 5.91 Å². The molecule has 7 heteroatoms. The zero-order chi connectivity index (χ0) is 15.0. The van der Waals surface area contributed by atoms with Crippen LogP contribution in [-0.2, 0) is 4.79 Å². The normalized spacial score (nSPS) is 10.8. The molecule has 106 valence electrons. The molecule has 21 heavy (non-hydrogen) atoms. The van der Waals surface area contributed by atoms with Gasteiger partial charge in [-0.15, -0.1) is 0 Å². The molecule has 3 rings (SSSR count). The van der Waals surface area contributed by atoms with Crippen molar-refractivity contribution in [3.8, 4) is 11.4 Å². The maximum atomic E-state index is 11.3. The third-order valence-electron chi connectivity index (χ3n) is 2.97. The molecule has 1 aromatic carbocycles. The SMILES string of the molecule is CC(=O)Nc1cc(-n2ccnc2)c2ccc(Br)c(O)c2n1. The van der Waals surface area contributed by atoms with Gasteiger partial charge in [-0.2, -0.15) is 0 Å². The van der Waals surface area contributed by atoms with Crippen LogP contribution in [0, 0.1) is 0 Å². The molecule has 0 radical (unpaired) electrons. The molecule has 6 nitrogen and oxygen atoms in total. The minimum atomic E-state index is -0.229. The topological polar surface area (TPSA) is 80.0 Å². The van der Waals surface area contributed by atoms with Crippen molar-refractivity contribution in [2.24, 2.45) is 0 Å². The first-order valence-corrected chi connectivity index (χ1v) is 6.93. The summed E-state index contributed by atoms with van der Waals surface area (Å²) in [5.41, 5.74) is 1.17. The van der Waals surface area contributed by atoms with Gasteiger partial charge in [-0.05, 0) is 28.1 Å². The molecule has 2 heterocycles. The van der Waals surface area contributed by atoms with Crippen molar-refractivity contribution in [3.05, 3.63) is 41.4 Å². The first kappa shape index (κ1) is 13.6. The fraction of sp³-hybridized carbons (Fsp3) is 0.0714. The van der Waals surface area contributed by atoms with E-state index in [1.807, 2.05) is 6.07 Å². The van der Waals surface area contributed by atoms with Crippen LogP contribution < -0.4 is 5.32 Å². The van der Waals surface area contributed by atoms with E-state index < -0.39 is 0 Å². The average Bonchev–Trinajstić information content (AvgIpc) is 2.96. The summed E-state index contributed by atoms with van der Waals surface area (Å²) in [7, 11) is 0. The number of benzene rings is 1. The molecule has 0 fully saturated rings. The second-order valence-electron chi connectivity index (χ2n) is 4.47. The van der Waals surface area contributed by atoms with Crippen molar-refractivity contribution < 1.29 is 9.90 Å². The first-order valence-electron chi connectivity index (χ1n) is 6.14. The third kappa shape index (κ3) is 2.47. The third-order valence-corrected chi connectivity index (χ3v) is 3.61. The summed E-state index contributed by atoms with van der Waals surface area (Å²) in [5.74, 6) is 0.168. The van der Waals surface area contributed by atoms with Gasteiger partial charge in [0.05, 0.1) is 16.5 Å². The van der Waals surface area contributed by atoms with Crippen LogP contribution in [0.25, 0.3) is 16.6 Å². The molecule has 0 saturated carbocycles. The Hall–Kier alpha value is -2.41. The lowest BCUT2D eigenvalue weighted by atomic mass is 10.1. The number of rotatable bonds is 2. The van der Waals surface area contributed by atoms with Crippen LogP contribution in [0.1, 0.15) is 6.92 Å². The Bertz CT molecular complexity index is 831. The molecule has 2 aromatic heterocycles. The van der Waals surface area contributed by atoms with E-state index in [-0.39, 0.29) is 11.7 Å². The summed E-state index contributed by atoms with van der Waals surface area (Å²) in [4.78, 5) is 19.6. The molecule has 0 aliphatic heterocycles. The van der Waals surface area contributed by atoms with Gasteiger partial charge in [0, 0.05) is 30.8 Å². The Morgan fingerprint density at radius 3 is 2.90 bits per heavy atom. The summed E-state index contributed by atoms with van der Waals surface area (Å²) in [6.45, 7) is 1.41. The van der Waals surface area contributed by atoms with E-state index in [1.165, 1.54) is 6.92 Å². The van der Waals surface area contributed by atoms with Crippen LogP contribution in [0.3, 0.4) is 0 Å². The lowest BCUT2D eigenvalue weighted by Gasteiger charge is -2.12. The van der Waals surface area contributed by atoms with Crippen molar-refractivity contribution in [1.29, 1.82) is 0 Å². The van der Waals surface area contributed by atoms with E-state index in [2.05, 4.69) is 31.2 Å². The highest BCUT2D eigenvalue weighted by atomic mass is 79.9. The van der Waals surface area contributed by atoms with Crippen LogP contribution in [0.5, 0.6) is 5.75 Å². The van der Waals surface area contributed by atoms with Gasteiger partial charge in [0.1, 0.15) is 11.3 Å². The Labute approximate surface area is 128 Å². The molecule has 0 bridgehead atoms. The summed E-state index contributed by atoms with van der Waals surface area (Å²) < 4.78 is 2.34. The molecule has 1 amide bonds. The fourth-order valence-electron chi connectivity index (χ4n) is 2.09. The number of halogens is 1. The Kier molecular flexibility index (Phi) is 3.34. The number of aromatic hydroxyl groups is 1. The van der Waals surface area contributed by atoms with E-state index in [4.69, 9.17) is 0 Å². The van der Waals surface area contributed by atoms with E-state index in [1.54, 1.807) is 35.4 Å². The number of phenols is 1. The molecule has 2 N–H and O–H groups in total. The molecule has 0 spiro atoms. The van der Waals surface area contributed by atoms with E-state index in [0.717, 1.165) is 11.1 Å². The van der Waals surface area contributed by atoms with E-state index >= 15 is 0 Å². The predicted molar refractivity (Wildman–Crippen MR) is 82.5 cm³/mol. The van der Waals surface area contributed by atoms with E-state index in [9.17, 15) is 9.90 Å². The summed E-state index contributed by atoms with van der Waals surface area (Å²) in [6, 6.07) is 5.33. The smallest absolute Gasteiger partial charge is 0.222 e. The number of nitrogens with one attached hydrogen (secondary N) is 1. The van der Waals surface area contributed by atoms with Crippen LogP contribution in [0.15, 0.2) is 41.4 Å². The average molecular weight is 347 g/mol. The molecule has 0 unspecified atom stereocenters. The molecule has 0 atom stereocenters. The second kappa shape index (κ2) is 5.17. The number of fused-ring (bicyclic) bond motifs is 1. The number of imidazole rings is 1. The zero-order valence-electron chi connectivity index (χ0n) is 11.0. The number of phenolic OH excluding ortho intramolecular Hbond substituents is 1. The Morgan fingerprint density at radius 1 is 1.43 bits per heavy atom. The molecular formula is C14H11BrN4O2. The van der Waals surface area contributed by atoms with Crippen molar-refractivity contribution in [3.63, 3.8) is 0 Å². The Balaban J connectivity index is 2.33. The molecule has 0 saturated heterocycles. The molecular weight excluding hydrogens is 336 g/mol. The van der Waals surface area contributed by atoms with Crippen molar-refractivity contribution in [1.82, 2.24) is 14.5 Å². The first-order chi connectivity index (χ1) is 10.1. The number of carbonyl (C=O) groups excluding carboxylic acids is 1. The summed E-state index contributed by atoms with van der Waals surface area (Å²) >= 11 is 3.27. The lowest BCUT2D eigenvalue weighted by molar-refractivity contribution is -0.114. The number of carbonyl (C=O) groups is 1. The van der Waals surface area contributed by atoms with Gasteiger partial charge in [0.25, 0.3) is 0 Å². The number of aromatic nitrogens is 3. The van der Waals surface area contributed by atoms with Gasteiger partial charge < -0.3 is 15.0 Å². The summed E-state index contributed by atoms with van der Waals surface area (Å²) in [5, 5.41) is 13.6. The fourth-order valence-corrected chi connectivity index (χ4v) is 2.41. The van der Waals surface area contributed by atoms with E-state index in [0.29, 0.717) is 15.8 Å². The van der Waals surface area contributed by atoms with Crippen LogP contribution >= 0.6 is 15.9 Å². The summed E-state index contributed by atoms with van der Waals surface area (Å²) in [6.07, 6.45) is 5.08. The predicted octanol–water partition coefficient (Wildman–Crippen LogP) is 2.85. The number of hydrogen-bond acceptors (Lipinski definition) is 4. The highest BCUT2D eigenvalue weighted by Crippen LogP contribution is 2.35. The van der Waals surface area contributed by atoms with Crippen LogP contribution in [0.4, 0.5) is 5.82 Å². The largest absolute Gasteiger partial charge is 0.505 e. The molecule has 3 aromatic rings. The van der Waals surface area contributed by atoms with Gasteiger partial charge in [0.15, 0.2) is 5.75 Å². The van der Waals surface area contributed by atoms with Gasteiger partial charge in [-0.25, -0.2) is 9.97 Å². The van der Waals surface area contributed by atoms with Crippen molar-refractivity contribution in [2.75, 3.05) is 5.32 Å². The number of anilines is 1. The minimum absolute atomic E-state index is 0.0288. The highest BCUT2D eigenvalue weighted by molar-refractivity contribution is 9.10. The molecule has 0 aliphatic carbocycles. The van der Waals surface area contributed by atoms with Gasteiger partial charge in [-0.1, -0.05) is 0 Å². The molecule has 0 aliphatic rings. The monoisotopic (exact) mass is 346 g/mol. The Morgan fingerprint density at radius 2 is 2.24 bits per heavy atom. The zero-order valence-corrected chi connectivity index (χ0v) is 12.6. The second-order valence-corrected chi connectivity index (χ2v) is 5.32. The number of hydrogen-bond donors (Lipinski definition) is 2. The van der Waals surface area contributed by atoms with Crippen LogP contribution in [0.2, 0.25) is 0 Å².